The lowest BCUT2D eigenvalue weighted by Gasteiger charge is -2.28. The van der Waals surface area contributed by atoms with Crippen LogP contribution in [0.3, 0.4) is 0 Å². The number of hydrogen-bond acceptors (Lipinski definition) is 6. The minimum absolute atomic E-state index is 0.144. The van der Waals surface area contributed by atoms with Crippen LogP contribution in [0.15, 0.2) is 4.63 Å². The van der Waals surface area contributed by atoms with Crippen molar-refractivity contribution in [1.29, 1.82) is 0 Å². The molecule has 0 spiro atoms. The molecule has 1 aromatic rings. The summed E-state index contributed by atoms with van der Waals surface area (Å²) in [4.78, 5) is 30.9. The molecule has 2 aliphatic rings. The van der Waals surface area contributed by atoms with Gasteiger partial charge in [-0.05, 0) is 12.8 Å². The van der Waals surface area contributed by atoms with E-state index in [1.807, 2.05) is 5.01 Å². The number of rotatable bonds is 6. The van der Waals surface area contributed by atoms with Crippen molar-refractivity contribution in [3.8, 4) is 0 Å². The molecule has 3 rings (SSSR count). The average Bonchev–Trinajstić information content (AvgIpc) is 3.21. The Kier molecular flexibility index (Phi) is 3.91. The fourth-order valence-electron chi connectivity index (χ4n) is 2.70. The molecule has 2 saturated heterocycles. The number of carbonyl (C=O) groups excluding carboxylic acids is 2. The Morgan fingerprint density at radius 1 is 1.29 bits per heavy atom. The molecule has 0 aliphatic carbocycles. The zero-order valence-electron chi connectivity index (χ0n) is 11.8. The Bertz CT molecular complexity index is 488. The molecule has 21 heavy (non-hydrogen) atoms. The van der Waals surface area contributed by atoms with Crippen molar-refractivity contribution in [3.63, 3.8) is 0 Å². The molecule has 1 N–H and O–H groups in total. The standard InChI is InChI=1S/C12H20N4O5/c17-9-10-2-1-5-13(8-10)15-16(21-15)20-7-6-14-11(18)3-4-12(14)19/h10,17H,1-9H2. The van der Waals surface area contributed by atoms with E-state index in [4.69, 9.17) is 9.47 Å². The third-order valence-electron chi connectivity index (χ3n) is 3.93. The van der Waals surface area contributed by atoms with Crippen molar-refractivity contribution in [2.24, 2.45) is 5.92 Å². The Balaban J connectivity index is 1.42. The maximum Gasteiger partial charge on any atom is 0.229 e. The predicted molar refractivity (Wildman–Crippen MR) is 69.8 cm³/mol. The van der Waals surface area contributed by atoms with Crippen LogP contribution < -0.4 is 9.85 Å². The first-order valence-electron chi connectivity index (χ1n) is 7.29. The highest BCUT2D eigenvalue weighted by atomic mass is 17.0. The zero-order chi connectivity index (χ0) is 14.8. The van der Waals surface area contributed by atoms with E-state index < -0.39 is 0 Å². The minimum atomic E-state index is -0.144. The lowest BCUT2D eigenvalue weighted by molar-refractivity contribution is -0.139. The maximum atomic E-state index is 11.4. The second kappa shape index (κ2) is 5.84. The normalized spacial score (nSPS) is 23.4. The molecule has 2 amide bonds. The van der Waals surface area contributed by atoms with E-state index in [0.717, 1.165) is 25.9 Å². The van der Waals surface area contributed by atoms with Gasteiger partial charge >= 0.3 is 0 Å². The van der Waals surface area contributed by atoms with Gasteiger partial charge in [0.25, 0.3) is 0 Å². The number of aliphatic hydroxyl groups is 1. The van der Waals surface area contributed by atoms with E-state index in [1.54, 1.807) is 0 Å². The molecule has 1 unspecified atom stereocenters. The maximum absolute atomic E-state index is 11.4. The number of hydrogen-bond donors (Lipinski definition) is 1. The predicted octanol–water partition coefficient (Wildman–Crippen LogP) is -1.20. The van der Waals surface area contributed by atoms with Gasteiger partial charge in [-0.15, -0.1) is 0 Å². The van der Waals surface area contributed by atoms with Crippen molar-refractivity contribution in [1.82, 2.24) is 14.9 Å². The number of imide groups is 1. The second-order valence-corrected chi connectivity index (χ2v) is 5.45. The van der Waals surface area contributed by atoms with E-state index in [9.17, 15) is 14.7 Å². The third-order valence-corrected chi connectivity index (χ3v) is 3.93. The van der Waals surface area contributed by atoms with E-state index in [1.165, 1.54) is 14.9 Å². The van der Waals surface area contributed by atoms with Gasteiger partial charge in [0, 0.05) is 43.4 Å². The summed E-state index contributed by atoms with van der Waals surface area (Å²) in [5.41, 5.74) is 0. The van der Waals surface area contributed by atoms with Crippen LogP contribution in [-0.4, -0.2) is 64.7 Å². The van der Waals surface area contributed by atoms with Crippen molar-refractivity contribution in [2.75, 3.05) is 37.9 Å². The van der Waals surface area contributed by atoms with Crippen LogP contribution in [0.25, 0.3) is 0 Å². The summed E-state index contributed by atoms with van der Waals surface area (Å²) in [6.45, 7) is 2.18. The molecule has 0 radical (unpaired) electrons. The first-order valence-corrected chi connectivity index (χ1v) is 7.29. The van der Waals surface area contributed by atoms with Gasteiger partial charge in [0.1, 0.15) is 11.6 Å². The van der Waals surface area contributed by atoms with Gasteiger partial charge < -0.3 is 9.94 Å². The molecule has 9 nitrogen and oxygen atoms in total. The van der Waals surface area contributed by atoms with E-state index >= 15 is 0 Å². The molecule has 9 heteroatoms. The molecule has 1 atom stereocenters. The molecule has 118 valence electrons. The molecule has 0 aromatic carbocycles. The number of piperidine rings is 1. The monoisotopic (exact) mass is 300 g/mol. The number of carbonyl (C=O) groups is 2. The summed E-state index contributed by atoms with van der Waals surface area (Å²) in [6, 6.07) is 0. The fourth-order valence-corrected chi connectivity index (χ4v) is 2.70. The second-order valence-electron chi connectivity index (χ2n) is 5.45. The smallest absolute Gasteiger partial charge is 0.229 e. The number of aromatic nitrogens is 2. The molecule has 0 saturated carbocycles. The third kappa shape index (κ3) is 3.07. The highest BCUT2D eigenvalue weighted by molar-refractivity contribution is 6.01. The highest BCUT2D eigenvalue weighted by Crippen LogP contribution is 2.16. The molecular weight excluding hydrogens is 280 g/mol. The fraction of sp³-hybridized carbons (Fsp3) is 0.833. The van der Waals surface area contributed by atoms with Crippen molar-refractivity contribution in [2.45, 2.75) is 25.7 Å². The van der Waals surface area contributed by atoms with Gasteiger partial charge in [-0.25, -0.2) is 0 Å². The van der Waals surface area contributed by atoms with Crippen LogP contribution in [0.4, 0.5) is 0 Å². The molecule has 1 aromatic heterocycles. The van der Waals surface area contributed by atoms with Crippen LogP contribution in [0.1, 0.15) is 25.7 Å². The van der Waals surface area contributed by atoms with Crippen LogP contribution in [-0.2, 0) is 9.59 Å². The van der Waals surface area contributed by atoms with Crippen LogP contribution in [0.2, 0.25) is 0 Å². The summed E-state index contributed by atoms with van der Waals surface area (Å²) in [7, 11) is 0. The lowest BCUT2D eigenvalue weighted by Crippen LogP contribution is -2.43. The molecule has 3 heterocycles. The van der Waals surface area contributed by atoms with Crippen LogP contribution in [0.5, 0.6) is 0 Å². The van der Waals surface area contributed by atoms with E-state index in [-0.39, 0.29) is 37.5 Å². The molecule has 2 fully saturated rings. The average molecular weight is 300 g/mol. The van der Waals surface area contributed by atoms with Gasteiger partial charge in [0.15, 0.2) is 0 Å². The molecule has 2 aliphatic heterocycles. The number of nitrogens with zero attached hydrogens (tertiary/aromatic N) is 4. The quantitative estimate of drug-likeness (QED) is 0.663. The van der Waals surface area contributed by atoms with Crippen LogP contribution >= 0.6 is 0 Å². The molecular formula is C12H20N4O5. The Morgan fingerprint density at radius 3 is 2.76 bits per heavy atom. The summed E-state index contributed by atoms with van der Waals surface area (Å²) < 4.78 is 5.17. The SMILES string of the molecule is O=C1CCC(=O)N1CCOn1on1N1CCCC(CO)C1. The first-order chi connectivity index (χ1) is 10.2. The lowest BCUT2D eigenvalue weighted by atomic mass is 10.0. The molecule has 0 bridgehead atoms. The van der Waals surface area contributed by atoms with Crippen molar-refractivity contribution in [3.05, 3.63) is 0 Å². The Hall–Kier alpha value is -1.90. The topological polar surface area (TPSA) is 93.1 Å². The summed E-state index contributed by atoms with van der Waals surface area (Å²) in [5, 5.41) is 12.4. The van der Waals surface area contributed by atoms with E-state index in [0.29, 0.717) is 12.8 Å². The van der Waals surface area contributed by atoms with Gasteiger partial charge in [-0.1, -0.05) is 0 Å². The summed E-state index contributed by atoms with van der Waals surface area (Å²) >= 11 is 0. The van der Waals surface area contributed by atoms with Gasteiger partial charge in [-0.2, -0.15) is 4.63 Å². The number of aliphatic hydroxyl groups excluding tert-OH is 1. The Morgan fingerprint density at radius 2 is 2.05 bits per heavy atom. The largest absolute Gasteiger partial charge is 0.396 e. The van der Waals surface area contributed by atoms with Crippen molar-refractivity contribution < 1.29 is 24.2 Å². The van der Waals surface area contributed by atoms with E-state index in [2.05, 4.69) is 0 Å². The Labute approximate surface area is 121 Å². The zero-order valence-corrected chi connectivity index (χ0v) is 11.8. The first kappa shape index (κ1) is 14.1. The van der Waals surface area contributed by atoms with Crippen molar-refractivity contribution >= 4 is 11.8 Å². The minimum Gasteiger partial charge on any atom is -0.396 e. The summed E-state index contributed by atoms with van der Waals surface area (Å²) in [6.07, 6.45) is 2.60. The highest BCUT2D eigenvalue weighted by Gasteiger charge is 2.30. The van der Waals surface area contributed by atoms with Crippen LogP contribution in [0, 0.1) is 5.92 Å². The summed E-state index contributed by atoms with van der Waals surface area (Å²) in [5.74, 6) is -0.0346. The number of likely N-dealkylation sites (tertiary alicyclic amines) is 1. The van der Waals surface area contributed by atoms with Gasteiger partial charge in [0.05, 0.1) is 6.54 Å². The number of amides is 2. The van der Waals surface area contributed by atoms with Gasteiger partial charge in [-0.3, -0.25) is 19.5 Å². The van der Waals surface area contributed by atoms with Gasteiger partial charge in [0.2, 0.25) is 11.8 Å².